The summed E-state index contributed by atoms with van der Waals surface area (Å²) in [7, 11) is 0. The molecule has 1 fully saturated rings. The number of nitrogens with one attached hydrogen (secondary N) is 2. The Bertz CT molecular complexity index is 930. The fraction of sp³-hybridized carbons (Fsp3) is 0.273. The van der Waals surface area contributed by atoms with Crippen LogP contribution in [0.25, 0.3) is 16.9 Å². The van der Waals surface area contributed by atoms with Crippen LogP contribution in [0.3, 0.4) is 0 Å². The monoisotopic (exact) mass is 375 g/mol. The smallest absolute Gasteiger partial charge is 0.319 e. The van der Waals surface area contributed by atoms with Gasteiger partial charge in [-0.25, -0.2) is 9.48 Å². The predicted octanol–water partition coefficient (Wildman–Crippen LogP) is 4.58. The van der Waals surface area contributed by atoms with Crippen molar-refractivity contribution in [3.05, 3.63) is 60.7 Å². The lowest BCUT2D eigenvalue weighted by Gasteiger charge is -2.22. The number of nitrogen functional groups attached to an aromatic ring is 1. The van der Waals surface area contributed by atoms with Crippen molar-refractivity contribution in [2.75, 3.05) is 11.1 Å². The number of hydrogen-bond donors (Lipinski definition) is 3. The first kappa shape index (κ1) is 18.1. The molecule has 0 atom stereocenters. The Labute approximate surface area is 164 Å². The van der Waals surface area contributed by atoms with Crippen LogP contribution in [-0.4, -0.2) is 21.9 Å². The molecule has 2 aromatic carbocycles. The summed E-state index contributed by atoms with van der Waals surface area (Å²) in [6.07, 6.45) is 5.62. The lowest BCUT2D eigenvalue weighted by Crippen LogP contribution is -2.39. The van der Waals surface area contributed by atoms with Gasteiger partial charge >= 0.3 is 6.03 Å². The van der Waals surface area contributed by atoms with Gasteiger partial charge in [0.2, 0.25) is 0 Å². The second kappa shape index (κ2) is 8.17. The van der Waals surface area contributed by atoms with Crippen LogP contribution in [0.2, 0.25) is 0 Å². The average Bonchev–Trinajstić information content (AvgIpc) is 3.06. The Morgan fingerprint density at radius 1 is 0.964 bits per heavy atom. The number of amides is 2. The van der Waals surface area contributed by atoms with Crippen molar-refractivity contribution < 1.29 is 4.79 Å². The molecule has 1 aliphatic carbocycles. The van der Waals surface area contributed by atoms with E-state index in [2.05, 4.69) is 10.6 Å². The van der Waals surface area contributed by atoms with E-state index in [1.54, 1.807) is 4.68 Å². The van der Waals surface area contributed by atoms with Gasteiger partial charge in [-0.15, -0.1) is 0 Å². The highest BCUT2D eigenvalue weighted by molar-refractivity contribution is 5.97. The van der Waals surface area contributed by atoms with E-state index >= 15 is 0 Å². The number of carbonyl (C=O) groups excluding carboxylic acids is 1. The molecule has 144 valence electrons. The third-order valence-corrected chi connectivity index (χ3v) is 5.15. The molecule has 0 bridgehead atoms. The van der Waals surface area contributed by atoms with Crippen molar-refractivity contribution in [2.24, 2.45) is 0 Å². The number of nitrogens with two attached hydrogens (primary N) is 1. The van der Waals surface area contributed by atoms with Gasteiger partial charge in [-0.3, -0.25) is 0 Å². The van der Waals surface area contributed by atoms with Crippen LogP contribution in [0.4, 0.5) is 16.3 Å². The SMILES string of the molecule is Nc1c(NC(=O)NC2CCCCC2)c(-c2ccccc2)nn1-c1ccccc1. The van der Waals surface area contributed by atoms with Crippen molar-refractivity contribution in [2.45, 2.75) is 38.1 Å². The van der Waals surface area contributed by atoms with Crippen molar-refractivity contribution in [1.29, 1.82) is 0 Å². The second-order valence-corrected chi connectivity index (χ2v) is 7.16. The molecule has 3 aromatic rings. The molecule has 1 heterocycles. The minimum Gasteiger partial charge on any atom is -0.382 e. The van der Waals surface area contributed by atoms with Crippen LogP contribution in [0.1, 0.15) is 32.1 Å². The molecule has 4 rings (SSSR count). The lowest BCUT2D eigenvalue weighted by molar-refractivity contribution is 0.244. The number of para-hydroxylation sites is 1. The van der Waals surface area contributed by atoms with E-state index < -0.39 is 0 Å². The van der Waals surface area contributed by atoms with Gasteiger partial charge < -0.3 is 16.4 Å². The van der Waals surface area contributed by atoms with E-state index in [1.807, 2.05) is 60.7 Å². The Hall–Kier alpha value is -3.28. The van der Waals surface area contributed by atoms with Crippen molar-refractivity contribution in [1.82, 2.24) is 15.1 Å². The number of benzene rings is 2. The molecular weight excluding hydrogens is 350 g/mol. The Morgan fingerprint density at radius 2 is 1.61 bits per heavy atom. The summed E-state index contributed by atoms with van der Waals surface area (Å²) in [6.45, 7) is 0. The van der Waals surface area contributed by atoms with Crippen molar-refractivity contribution >= 4 is 17.5 Å². The number of nitrogens with zero attached hydrogens (tertiary/aromatic N) is 2. The summed E-state index contributed by atoms with van der Waals surface area (Å²) in [5.41, 5.74) is 9.34. The average molecular weight is 375 g/mol. The molecule has 0 spiro atoms. The largest absolute Gasteiger partial charge is 0.382 e. The Kier molecular flexibility index (Phi) is 5.28. The first-order valence-electron chi connectivity index (χ1n) is 9.79. The van der Waals surface area contributed by atoms with Gasteiger partial charge in [0.25, 0.3) is 0 Å². The molecule has 1 aromatic heterocycles. The highest BCUT2D eigenvalue weighted by Crippen LogP contribution is 2.34. The molecule has 6 heteroatoms. The minimum atomic E-state index is -0.233. The predicted molar refractivity (Wildman–Crippen MR) is 112 cm³/mol. The molecule has 6 nitrogen and oxygen atoms in total. The maximum absolute atomic E-state index is 12.6. The van der Waals surface area contributed by atoms with E-state index in [9.17, 15) is 4.79 Å². The van der Waals surface area contributed by atoms with Gasteiger partial charge in [-0.05, 0) is 25.0 Å². The zero-order chi connectivity index (χ0) is 19.3. The van der Waals surface area contributed by atoms with Gasteiger partial charge in [-0.1, -0.05) is 67.8 Å². The lowest BCUT2D eigenvalue weighted by atomic mass is 9.96. The van der Waals surface area contributed by atoms with Gasteiger partial charge in [-0.2, -0.15) is 5.10 Å². The maximum atomic E-state index is 12.6. The first-order valence-corrected chi connectivity index (χ1v) is 9.79. The van der Waals surface area contributed by atoms with Crippen LogP contribution in [0, 0.1) is 0 Å². The molecule has 0 radical (unpaired) electrons. The van der Waals surface area contributed by atoms with Crippen LogP contribution in [-0.2, 0) is 0 Å². The fourth-order valence-corrected chi connectivity index (χ4v) is 3.70. The van der Waals surface area contributed by atoms with Gasteiger partial charge in [0, 0.05) is 11.6 Å². The number of rotatable bonds is 4. The molecule has 28 heavy (non-hydrogen) atoms. The topological polar surface area (TPSA) is 85.0 Å². The third-order valence-electron chi connectivity index (χ3n) is 5.15. The zero-order valence-electron chi connectivity index (χ0n) is 15.8. The molecule has 0 aliphatic heterocycles. The maximum Gasteiger partial charge on any atom is 0.319 e. The summed E-state index contributed by atoms with van der Waals surface area (Å²) < 4.78 is 1.67. The number of aromatic nitrogens is 2. The van der Waals surface area contributed by atoms with E-state index in [4.69, 9.17) is 10.8 Å². The Balaban J connectivity index is 1.66. The van der Waals surface area contributed by atoms with E-state index in [1.165, 1.54) is 6.42 Å². The van der Waals surface area contributed by atoms with E-state index in [0.29, 0.717) is 17.2 Å². The van der Waals surface area contributed by atoms with Crippen LogP contribution in [0.5, 0.6) is 0 Å². The molecule has 0 unspecified atom stereocenters. The van der Waals surface area contributed by atoms with Gasteiger partial charge in [0.15, 0.2) is 5.82 Å². The van der Waals surface area contributed by atoms with Crippen LogP contribution in [0.15, 0.2) is 60.7 Å². The van der Waals surface area contributed by atoms with Crippen molar-refractivity contribution in [3.63, 3.8) is 0 Å². The molecule has 1 saturated carbocycles. The molecular formula is C22H25N5O. The standard InChI is InChI=1S/C22H25N5O/c23-21-20(25-22(28)24-17-12-6-2-7-13-17)19(16-10-4-1-5-11-16)26-27(21)18-14-8-3-9-15-18/h1,3-5,8-11,14-15,17H,2,6-7,12-13,23H2,(H2,24,25,28). The second-order valence-electron chi connectivity index (χ2n) is 7.16. The molecule has 4 N–H and O–H groups in total. The number of anilines is 2. The van der Waals surface area contributed by atoms with Crippen molar-refractivity contribution in [3.8, 4) is 16.9 Å². The highest BCUT2D eigenvalue weighted by atomic mass is 16.2. The summed E-state index contributed by atoms with van der Waals surface area (Å²) in [5.74, 6) is 0.406. The number of hydrogen-bond acceptors (Lipinski definition) is 3. The van der Waals surface area contributed by atoms with Crippen LogP contribution < -0.4 is 16.4 Å². The molecule has 1 aliphatic rings. The van der Waals surface area contributed by atoms with Gasteiger partial charge in [0.05, 0.1) is 5.69 Å². The van der Waals surface area contributed by atoms with Crippen LogP contribution >= 0.6 is 0 Å². The molecule has 2 amide bonds. The van der Waals surface area contributed by atoms with Gasteiger partial charge in [0.1, 0.15) is 11.4 Å². The zero-order valence-corrected chi connectivity index (χ0v) is 15.8. The summed E-state index contributed by atoms with van der Waals surface area (Å²) in [6, 6.07) is 19.4. The summed E-state index contributed by atoms with van der Waals surface area (Å²) >= 11 is 0. The normalized spacial score (nSPS) is 14.6. The fourth-order valence-electron chi connectivity index (χ4n) is 3.70. The minimum absolute atomic E-state index is 0.222. The third kappa shape index (κ3) is 3.86. The van der Waals surface area contributed by atoms with E-state index in [-0.39, 0.29) is 12.1 Å². The number of carbonyl (C=O) groups is 1. The number of urea groups is 1. The Morgan fingerprint density at radius 3 is 2.29 bits per heavy atom. The first-order chi connectivity index (χ1) is 13.7. The highest BCUT2D eigenvalue weighted by Gasteiger charge is 2.22. The quantitative estimate of drug-likeness (QED) is 0.624. The van der Waals surface area contributed by atoms with E-state index in [0.717, 1.165) is 36.9 Å². The summed E-state index contributed by atoms with van der Waals surface area (Å²) in [4.78, 5) is 12.6. The summed E-state index contributed by atoms with van der Waals surface area (Å²) in [5, 5.41) is 10.7. The molecule has 0 saturated heterocycles.